The quantitative estimate of drug-likeness (QED) is 0.768. The molecule has 3 rings (SSSR count). The Bertz CT molecular complexity index is 965. The van der Waals surface area contributed by atoms with Crippen LogP contribution in [0, 0.1) is 0 Å². The minimum atomic E-state index is -3.85. The lowest BCUT2D eigenvalue weighted by Gasteiger charge is -2.19. The molecular weight excluding hydrogens is 342 g/mol. The summed E-state index contributed by atoms with van der Waals surface area (Å²) < 4.78 is 30.6. The van der Waals surface area contributed by atoms with E-state index in [0.717, 1.165) is 0 Å². The zero-order valence-corrected chi connectivity index (χ0v) is 14.6. The predicted octanol–water partition coefficient (Wildman–Crippen LogP) is 1.83. The van der Waals surface area contributed by atoms with E-state index in [1.54, 1.807) is 19.1 Å². The largest absolute Gasteiger partial charge is 0.383 e. The van der Waals surface area contributed by atoms with Gasteiger partial charge in [-0.05, 0) is 37.3 Å². The molecule has 25 heavy (non-hydrogen) atoms. The van der Waals surface area contributed by atoms with Gasteiger partial charge in [0.25, 0.3) is 5.91 Å². The summed E-state index contributed by atoms with van der Waals surface area (Å²) in [5.41, 5.74) is 0.415. The molecule has 0 radical (unpaired) electrons. The Morgan fingerprint density at radius 3 is 2.52 bits per heavy atom. The second-order valence-corrected chi connectivity index (χ2v) is 7.76. The summed E-state index contributed by atoms with van der Waals surface area (Å²) >= 11 is 0. The molecule has 0 saturated heterocycles. The number of ether oxygens (including phenoxy) is 1. The standard InChI is InChI=1S/C18H17NO5S/c1-11(10-24-2)19-18(21)12-7-8-14-16(9-12)25(22,23)15-6-4-3-5-13(15)17(14)20/h3-9,11H,10H2,1-2H3,(H,19,21)/t11-/m1/s1. The minimum Gasteiger partial charge on any atom is -0.383 e. The van der Waals surface area contributed by atoms with Gasteiger partial charge >= 0.3 is 0 Å². The third kappa shape index (κ3) is 2.96. The summed E-state index contributed by atoms with van der Waals surface area (Å²) in [7, 11) is -2.33. The number of carbonyl (C=O) groups is 2. The van der Waals surface area contributed by atoms with Crippen molar-refractivity contribution in [1.82, 2.24) is 5.32 Å². The summed E-state index contributed by atoms with van der Waals surface area (Å²) in [4.78, 5) is 24.7. The monoisotopic (exact) mass is 359 g/mol. The molecule has 0 spiro atoms. The van der Waals surface area contributed by atoms with Crippen molar-refractivity contribution in [3.8, 4) is 0 Å². The number of fused-ring (bicyclic) bond motifs is 2. The Labute approximate surface area is 145 Å². The number of hydrogen-bond acceptors (Lipinski definition) is 5. The van der Waals surface area contributed by atoms with Crippen molar-refractivity contribution in [1.29, 1.82) is 0 Å². The fraction of sp³-hybridized carbons (Fsp3) is 0.222. The maximum absolute atomic E-state index is 12.8. The molecular formula is C18H17NO5S. The van der Waals surface area contributed by atoms with Gasteiger partial charge in [-0.25, -0.2) is 8.42 Å². The van der Waals surface area contributed by atoms with Crippen molar-refractivity contribution in [3.63, 3.8) is 0 Å². The molecule has 0 saturated carbocycles. The highest BCUT2D eigenvalue weighted by Crippen LogP contribution is 2.34. The first-order valence-electron chi connectivity index (χ1n) is 7.69. The molecule has 0 aromatic heterocycles. The second-order valence-electron chi connectivity index (χ2n) is 5.87. The van der Waals surface area contributed by atoms with Gasteiger partial charge in [0, 0.05) is 29.8 Å². The lowest BCUT2D eigenvalue weighted by molar-refractivity contribution is 0.0904. The van der Waals surface area contributed by atoms with Crippen molar-refractivity contribution in [2.75, 3.05) is 13.7 Å². The molecule has 1 atom stereocenters. The van der Waals surface area contributed by atoms with Crippen molar-refractivity contribution in [2.45, 2.75) is 22.8 Å². The number of methoxy groups -OCH3 is 1. The van der Waals surface area contributed by atoms with E-state index in [2.05, 4.69) is 5.32 Å². The van der Waals surface area contributed by atoms with Crippen molar-refractivity contribution < 1.29 is 22.7 Å². The van der Waals surface area contributed by atoms with E-state index >= 15 is 0 Å². The van der Waals surface area contributed by atoms with Gasteiger partial charge in [-0.1, -0.05) is 12.1 Å². The predicted molar refractivity (Wildman–Crippen MR) is 90.6 cm³/mol. The Balaban J connectivity index is 2.04. The van der Waals surface area contributed by atoms with Crippen LogP contribution in [0.3, 0.4) is 0 Å². The molecule has 1 aliphatic rings. The number of carbonyl (C=O) groups excluding carboxylic acids is 2. The van der Waals surface area contributed by atoms with Crippen LogP contribution in [0.25, 0.3) is 0 Å². The Kier molecular flexibility index (Phi) is 4.45. The molecule has 1 heterocycles. The molecule has 0 aliphatic carbocycles. The summed E-state index contributed by atoms with van der Waals surface area (Å²) in [6.45, 7) is 2.11. The number of sulfone groups is 1. The van der Waals surface area contributed by atoms with Crippen LogP contribution in [0.4, 0.5) is 0 Å². The zero-order chi connectivity index (χ0) is 18.2. The lowest BCUT2D eigenvalue weighted by Crippen LogP contribution is -2.35. The second kappa shape index (κ2) is 6.42. The van der Waals surface area contributed by atoms with Crippen LogP contribution in [0.15, 0.2) is 52.3 Å². The van der Waals surface area contributed by atoms with Gasteiger partial charge in [0.15, 0.2) is 5.78 Å². The normalized spacial score (nSPS) is 15.8. The lowest BCUT2D eigenvalue weighted by atomic mass is 10.0. The van der Waals surface area contributed by atoms with Crippen LogP contribution in [0.5, 0.6) is 0 Å². The number of hydrogen-bond donors (Lipinski definition) is 1. The van der Waals surface area contributed by atoms with Gasteiger partial charge in [0.2, 0.25) is 9.84 Å². The zero-order valence-electron chi connectivity index (χ0n) is 13.8. The van der Waals surface area contributed by atoms with Gasteiger partial charge in [0.1, 0.15) is 0 Å². The highest BCUT2D eigenvalue weighted by Gasteiger charge is 2.35. The molecule has 130 valence electrons. The first-order chi connectivity index (χ1) is 11.9. The van der Waals surface area contributed by atoms with E-state index in [9.17, 15) is 18.0 Å². The van der Waals surface area contributed by atoms with Gasteiger partial charge in [-0.15, -0.1) is 0 Å². The molecule has 2 aromatic carbocycles. The highest BCUT2D eigenvalue weighted by atomic mass is 32.2. The maximum atomic E-state index is 12.8. The smallest absolute Gasteiger partial charge is 0.251 e. The van der Waals surface area contributed by atoms with Gasteiger partial charge < -0.3 is 10.1 Å². The Morgan fingerprint density at radius 1 is 1.12 bits per heavy atom. The SMILES string of the molecule is COC[C@@H](C)NC(=O)c1ccc2c(c1)S(=O)(=O)c1ccccc1C2=O. The Hall–Kier alpha value is -2.51. The van der Waals surface area contributed by atoms with Crippen molar-refractivity contribution in [2.24, 2.45) is 0 Å². The number of benzene rings is 2. The number of rotatable bonds is 4. The first-order valence-corrected chi connectivity index (χ1v) is 9.17. The molecule has 2 aromatic rings. The average Bonchev–Trinajstić information content (AvgIpc) is 2.60. The third-order valence-electron chi connectivity index (χ3n) is 3.99. The highest BCUT2D eigenvalue weighted by molar-refractivity contribution is 7.91. The van der Waals surface area contributed by atoms with E-state index in [0.29, 0.717) is 6.61 Å². The maximum Gasteiger partial charge on any atom is 0.251 e. The fourth-order valence-electron chi connectivity index (χ4n) is 2.82. The summed E-state index contributed by atoms with van der Waals surface area (Å²) in [6.07, 6.45) is 0. The number of amides is 1. The number of ketones is 1. The van der Waals surface area contributed by atoms with E-state index in [-0.39, 0.29) is 38.3 Å². The van der Waals surface area contributed by atoms with E-state index < -0.39 is 15.7 Å². The van der Waals surface area contributed by atoms with Crippen LogP contribution >= 0.6 is 0 Å². The summed E-state index contributed by atoms with van der Waals surface area (Å²) in [5, 5.41) is 2.72. The van der Waals surface area contributed by atoms with Gasteiger partial charge in [-0.3, -0.25) is 9.59 Å². The molecule has 6 nitrogen and oxygen atoms in total. The van der Waals surface area contributed by atoms with E-state index in [1.807, 2.05) is 0 Å². The Morgan fingerprint density at radius 2 is 1.80 bits per heavy atom. The molecule has 1 aliphatic heterocycles. The molecule has 1 N–H and O–H groups in total. The average molecular weight is 359 g/mol. The molecule has 0 fully saturated rings. The third-order valence-corrected chi connectivity index (χ3v) is 5.85. The van der Waals surface area contributed by atoms with E-state index in [4.69, 9.17) is 4.74 Å². The summed E-state index contributed by atoms with van der Waals surface area (Å²) in [5.74, 6) is -0.783. The fourth-order valence-corrected chi connectivity index (χ4v) is 4.50. The molecule has 7 heteroatoms. The topological polar surface area (TPSA) is 89.5 Å². The molecule has 0 bridgehead atoms. The number of nitrogens with one attached hydrogen (secondary N) is 1. The van der Waals surface area contributed by atoms with Crippen LogP contribution in [-0.2, 0) is 14.6 Å². The van der Waals surface area contributed by atoms with Crippen LogP contribution in [0.1, 0.15) is 33.2 Å². The summed E-state index contributed by atoms with van der Waals surface area (Å²) in [6, 6.07) is 9.95. The van der Waals surface area contributed by atoms with Crippen LogP contribution in [-0.4, -0.2) is 39.9 Å². The van der Waals surface area contributed by atoms with Crippen molar-refractivity contribution in [3.05, 3.63) is 59.2 Å². The van der Waals surface area contributed by atoms with Crippen molar-refractivity contribution >= 4 is 21.5 Å². The van der Waals surface area contributed by atoms with E-state index in [1.165, 1.54) is 37.4 Å². The molecule has 0 unspecified atom stereocenters. The minimum absolute atomic E-state index is 0.0298. The van der Waals surface area contributed by atoms with Crippen LogP contribution < -0.4 is 5.32 Å². The van der Waals surface area contributed by atoms with Crippen LogP contribution in [0.2, 0.25) is 0 Å². The first kappa shape index (κ1) is 17.3. The van der Waals surface area contributed by atoms with Gasteiger partial charge in [0.05, 0.1) is 16.4 Å². The van der Waals surface area contributed by atoms with Gasteiger partial charge in [-0.2, -0.15) is 0 Å². The molecule has 1 amide bonds.